The van der Waals surface area contributed by atoms with Crippen molar-refractivity contribution in [1.82, 2.24) is 9.78 Å². The Labute approximate surface area is 112 Å². The van der Waals surface area contributed by atoms with Crippen LogP contribution in [0.1, 0.15) is 21.0 Å². The van der Waals surface area contributed by atoms with Gasteiger partial charge in [-0.1, -0.05) is 0 Å². The van der Waals surface area contributed by atoms with Gasteiger partial charge in [-0.25, -0.2) is 13.6 Å². The number of carbonyl (C=O) groups is 2. The Morgan fingerprint density at radius 1 is 1.45 bits per heavy atom. The fourth-order valence-electron chi connectivity index (χ4n) is 1.47. The fourth-order valence-corrected chi connectivity index (χ4v) is 1.47. The van der Waals surface area contributed by atoms with Crippen LogP contribution in [-0.2, 0) is 16.0 Å². The minimum atomic E-state index is -2.60. The number of alkyl halides is 2. The van der Waals surface area contributed by atoms with Crippen LogP contribution in [0.25, 0.3) is 0 Å². The van der Waals surface area contributed by atoms with Crippen molar-refractivity contribution in [3.63, 3.8) is 0 Å². The summed E-state index contributed by atoms with van der Waals surface area (Å²) >= 11 is 0. The van der Waals surface area contributed by atoms with Gasteiger partial charge in [0.1, 0.15) is 12.3 Å². The predicted molar refractivity (Wildman–Crippen MR) is 63.3 cm³/mol. The van der Waals surface area contributed by atoms with E-state index in [1.54, 1.807) is 0 Å². The fraction of sp³-hybridized carbons (Fsp3) is 0.500. The van der Waals surface area contributed by atoms with E-state index in [2.05, 4.69) is 14.6 Å². The maximum atomic E-state index is 11.9. The number of anilines is 1. The number of carbonyl (C=O) groups excluding carboxylic acids is 2. The highest BCUT2D eigenvalue weighted by molar-refractivity contribution is 6.03. The Morgan fingerprint density at radius 3 is 2.60 bits per heavy atom. The highest BCUT2D eigenvalue weighted by Gasteiger charge is 2.24. The number of rotatable bonds is 7. The summed E-state index contributed by atoms with van der Waals surface area (Å²) in [4.78, 5) is 22.7. The van der Waals surface area contributed by atoms with Crippen molar-refractivity contribution >= 4 is 17.6 Å². The van der Waals surface area contributed by atoms with Crippen molar-refractivity contribution in [3.05, 3.63) is 11.4 Å². The van der Waals surface area contributed by atoms with Crippen LogP contribution in [0, 0.1) is 0 Å². The Bertz CT molecular complexity index is 504. The molecular formula is C10H14F2N4O4. The molecule has 0 saturated heterocycles. The molecule has 0 aliphatic carbocycles. The van der Waals surface area contributed by atoms with Gasteiger partial charge >= 0.3 is 5.97 Å². The van der Waals surface area contributed by atoms with Crippen molar-refractivity contribution in [2.75, 3.05) is 26.1 Å². The second-order valence-electron chi connectivity index (χ2n) is 3.66. The van der Waals surface area contributed by atoms with Crippen LogP contribution < -0.4 is 11.5 Å². The lowest BCUT2D eigenvalue weighted by atomic mass is 10.3. The molecule has 0 radical (unpaired) electrons. The molecule has 0 aliphatic heterocycles. The Balaban J connectivity index is 2.89. The molecule has 1 amide bonds. The summed E-state index contributed by atoms with van der Waals surface area (Å²) in [7, 11) is 1.12. The molecule has 20 heavy (non-hydrogen) atoms. The molecular weight excluding hydrogens is 278 g/mol. The molecule has 1 heterocycles. The Kier molecular flexibility index (Phi) is 5.38. The molecule has 0 spiro atoms. The van der Waals surface area contributed by atoms with E-state index >= 15 is 0 Å². The van der Waals surface area contributed by atoms with Crippen molar-refractivity contribution < 1.29 is 27.8 Å². The highest BCUT2D eigenvalue weighted by atomic mass is 19.3. The first-order chi connectivity index (χ1) is 9.38. The van der Waals surface area contributed by atoms with Crippen LogP contribution in [0.3, 0.4) is 0 Å². The monoisotopic (exact) mass is 292 g/mol. The van der Waals surface area contributed by atoms with E-state index in [9.17, 15) is 18.4 Å². The largest absolute Gasteiger partial charge is 0.464 e. The lowest BCUT2D eigenvalue weighted by Gasteiger charge is -2.06. The number of methoxy groups -OCH3 is 1. The lowest BCUT2D eigenvalue weighted by Crippen LogP contribution is -2.21. The molecule has 0 atom stereocenters. The van der Waals surface area contributed by atoms with E-state index in [-0.39, 0.29) is 30.2 Å². The average Bonchev–Trinajstić information content (AvgIpc) is 2.70. The van der Waals surface area contributed by atoms with E-state index in [1.807, 2.05) is 0 Å². The number of nitrogen functional groups attached to an aromatic ring is 1. The van der Waals surface area contributed by atoms with E-state index in [4.69, 9.17) is 11.5 Å². The summed E-state index contributed by atoms with van der Waals surface area (Å²) in [5.41, 5.74) is 10.0. The van der Waals surface area contributed by atoms with Gasteiger partial charge in [-0.05, 0) is 0 Å². The molecule has 0 saturated carbocycles. The molecule has 0 bridgehead atoms. The normalized spacial score (nSPS) is 10.8. The van der Waals surface area contributed by atoms with Gasteiger partial charge in [-0.2, -0.15) is 5.10 Å². The summed E-state index contributed by atoms with van der Waals surface area (Å²) in [6, 6.07) is 0. The zero-order valence-electron chi connectivity index (χ0n) is 10.6. The number of hydrogen-bond donors (Lipinski definition) is 2. The van der Waals surface area contributed by atoms with Gasteiger partial charge in [-0.15, -0.1) is 0 Å². The molecule has 1 aromatic heterocycles. The third-order valence-corrected chi connectivity index (χ3v) is 2.29. The number of esters is 1. The van der Waals surface area contributed by atoms with Crippen molar-refractivity contribution in [1.29, 1.82) is 0 Å². The van der Waals surface area contributed by atoms with Gasteiger partial charge in [0.2, 0.25) is 0 Å². The highest BCUT2D eigenvalue weighted by Crippen LogP contribution is 2.17. The van der Waals surface area contributed by atoms with Crippen LogP contribution >= 0.6 is 0 Å². The first-order valence-corrected chi connectivity index (χ1v) is 5.48. The standard InChI is InChI=1S/C10H14F2N4O4/c1-19-10(18)7-6(13)8(9(14)17)16(15-7)2-3-20-4-5(11)12/h5H,2-4,13H2,1H3,(H2,14,17). The number of halogens is 2. The first kappa shape index (κ1) is 15.8. The smallest absolute Gasteiger partial charge is 0.360 e. The van der Waals surface area contributed by atoms with Crippen molar-refractivity contribution in [2.45, 2.75) is 13.0 Å². The number of amides is 1. The van der Waals surface area contributed by atoms with E-state index in [0.717, 1.165) is 11.8 Å². The SMILES string of the molecule is COC(=O)c1nn(CCOCC(F)F)c(C(N)=O)c1N. The average molecular weight is 292 g/mol. The van der Waals surface area contributed by atoms with E-state index in [1.165, 1.54) is 0 Å². The van der Waals surface area contributed by atoms with Crippen LogP contribution in [0.15, 0.2) is 0 Å². The molecule has 1 rings (SSSR count). The maximum Gasteiger partial charge on any atom is 0.360 e. The van der Waals surface area contributed by atoms with E-state index in [0.29, 0.717) is 0 Å². The summed E-state index contributed by atoms with van der Waals surface area (Å²) in [5.74, 6) is -1.74. The number of nitrogens with zero attached hydrogens (tertiary/aromatic N) is 2. The Hall–Kier alpha value is -2.23. The minimum Gasteiger partial charge on any atom is -0.464 e. The van der Waals surface area contributed by atoms with Crippen LogP contribution in [0.4, 0.5) is 14.5 Å². The zero-order chi connectivity index (χ0) is 15.3. The predicted octanol–water partition coefficient (Wildman–Crippen LogP) is -0.367. The lowest BCUT2D eigenvalue weighted by molar-refractivity contribution is 0.0138. The van der Waals surface area contributed by atoms with Gasteiger partial charge in [0.05, 0.1) is 25.9 Å². The van der Waals surface area contributed by atoms with Gasteiger partial charge in [0.15, 0.2) is 5.69 Å². The summed E-state index contributed by atoms with van der Waals surface area (Å²) in [6.07, 6.45) is -2.60. The molecule has 8 nitrogen and oxygen atoms in total. The van der Waals surface area contributed by atoms with Crippen molar-refractivity contribution in [3.8, 4) is 0 Å². The Morgan fingerprint density at radius 2 is 2.10 bits per heavy atom. The molecule has 1 aromatic rings. The summed E-state index contributed by atoms with van der Waals surface area (Å²) in [6.45, 7) is -0.953. The second-order valence-corrected chi connectivity index (χ2v) is 3.66. The molecule has 0 unspecified atom stereocenters. The van der Waals surface area contributed by atoms with Gasteiger partial charge in [-0.3, -0.25) is 9.48 Å². The first-order valence-electron chi connectivity index (χ1n) is 5.48. The molecule has 4 N–H and O–H groups in total. The topological polar surface area (TPSA) is 122 Å². The molecule has 0 fully saturated rings. The minimum absolute atomic E-state index is 0.0633. The third kappa shape index (κ3) is 3.63. The molecule has 10 heteroatoms. The summed E-state index contributed by atoms with van der Waals surface area (Å²) < 4.78 is 33.9. The number of ether oxygens (including phenoxy) is 2. The van der Waals surface area contributed by atoms with Crippen LogP contribution in [0.5, 0.6) is 0 Å². The molecule has 112 valence electrons. The quantitative estimate of drug-likeness (QED) is 0.522. The third-order valence-electron chi connectivity index (χ3n) is 2.29. The zero-order valence-corrected chi connectivity index (χ0v) is 10.6. The van der Waals surface area contributed by atoms with Gasteiger partial charge in [0, 0.05) is 0 Å². The number of aromatic nitrogens is 2. The summed E-state index contributed by atoms with van der Waals surface area (Å²) in [5, 5.41) is 3.77. The molecule has 0 aliphatic rings. The van der Waals surface area contributed by atoms with Crippen molar-refractivity contribution in [2.24, 2.45) is 5.73 Å². The maximum absolute atomic E-state index is 11.9. The van der Waals surface area contributed by atoms with Crippen LogP contribution in [-0.4, -0.2) is 48.4 Å². The molecule has 0 aromatic carbocycles. The number of nitrogens with two attached hydrogens (primary N) is 2. The second kappa shape index (κ2) is 6.80. The van der Waals surface area contributed by atoms with E-state index < -0.39 is 24.9 Å². The number of hydrogen-bond acceptors (Lipinski definition) is 6. The van der Waals surface area contributed by atoms with Crippen LogP contribution in [0.2, 0.25) is 0 Å². The van der Waals surface area contributed by atoms with Gasteiger partial charge < -0.3 is 20.9 Å². The number of primary amides is 1. The van der Waals surface area contributed by atoms with Gasteiger partial charge in [0.25, 0.3) is 12.3 Å².